The summed E-state index contributed by atoms with van der Waals surface area (Å²) >= 11 is 9.09. The Morgan fingerprint density at radius 1 is 1.50 bits per heavy atom. The van der Waals surface area contributed by atoms with Crippen molar-refractivity contribution in [1.29, 1.82) is 0 Å². The highest BCUT2D eigenvalue weighted by Gasteiger charge is 2.22. The Morgan fingerprint density at radius 2 is 2.19 bits per heavy atom. The van der Waals surface area contributed by atoms with Crippen LogP contribution < -0.4 is 0 Å². The lowest BCUT2D eigenvalue weighted by atomic mass is 10.2. The minimum Gasteiger partial charge on any atom is -0.459 e. The highest BCUT2D eigenvalue weighted by Crippen LogP contribution is 2.24. The van der Waals surface area contributed by atoms with Crippen molar-refractivity contribution >= 4 is 33.5 Å². The number of hydrogen-bond donors (Lipinski definition) is 0. The second kappa shape index (κ2) is 5.15. The van der Waals surface area contributed by atoms with Crippen LogP contribution in [-0.4, -0.2) is 17.1 Å². The van der Waals surface area contributed by atoms with Gasteiger partial charge in [-0.15, -0.1) is 0 Å². The number of halogens is 2. The highest BCUT2D eigenvalue weighted by atomic mass is 79.9. The minimum absolute atomic E-state index is 0.0440. The molecule has 1 aliphatic rings. The fourth-order valence-electron chi connectivity index (χ4n) is 1.79. The van der Waals surface area contributed by atoms with Crippen LogP contribution in [0.25, 0.3) is 0 Å². The highest BCUT2D eigenvalue weighted by molar-refractivity contribution is 9.10. The number of pyridine rings is 1. The van der Waals surface area contributed by atoms with E-state index < -0.39 is 0 Å². The molecule has 0 amide bonds. The van der Waals surface area contributed by atoms with E-state index in [0.29, 0.717) is 5.56 Å². The molecule has 0 unspecified atom stereocenters. The first-order valence-corrected chi connectivity index (χ1v) is 6.36. The van der Waals surface area contributed by atoms with Crippen molar-refractivity contribution in [2.45, 2.75) is 31.8 Å². The summed E-state index contributed by atoms with van der Waals surface area (Å²) in [6.45, 7) is 0. The molecule has 1 aromatic heterocycles. The van der Waals surface area contributed by atoms with Gasteiger partial charge in [0.05, 0.1) is 5.56 Å². The second-order valence-corrected chi connectivity index (χ2v) is 5.08. The van der Waals surface area contributed by atoms with Crippen LogP contribution in [0.15, 0.2) is 16.7 Å². The molecule has 1 fully saturated rings. The van der Waals surface area contributed by atoms with Crippen LogP contribution in [0.3, 0.4) is 0 Å². The predicted octanol–water partition coefficient (Wildman–Crippen LogP) is 3.60. The van der Waals surface area contributed by atoms with E-state index >= 15 is 0 Å². The third-order valence-electron chi connectivity index (χ3n) is 2.60. The molecule has 0 spiro atoms. The molecule has 1 heterocycles. The van der Waals surface area contributed by atoms with Crippen molar-refractivity contribution in [2.75, 3.05) is 0 Å². The summed E-state index contributed by atoms with van der Waals surface area (Å²) in [5.74, 6) is -0.384. The van der Waals surface area contributed by atoms with E-state index in [9.17, 15) is 4.79 Å². The van der Waals surface area contributed by atoms with Gasteiger partial charge in [-0.25, -0.2) is 9.78 Å². The van der Waals surface area contributed by atoms with Gasteiger partial charge in [-0.3, -0.25) is 0 Å². The first-order chi connectivity index (χ1) is 7.66. The number of rotatable bonds is 2. The van der Waals surface area contributed by atoms with Crippen LogP contribution in [0.5, 0.6) is 0 Å². The van der Waals surface area contributed by atoms with Crippen LogP contribution in [0.2, 0.25) is 5.15 Å². The fraction of sp³-hybridized carbons (Fsp3) is 0.455. The summed E-state index contributed by atoms with van der Waals surface area (Å²) in [7, 11) is 0. The normalized spacial score (nSPS) is 16.4. The van der Waals surface area contributed by atoms with Gasteiger partial charge in [0.2, 0.25) is 0 Å². The standard InChI is InChI=1S/C11H11BrClNO2/c12-7-5-9(10(13)14-6-7)11(15)16-8-3-1-2-4-8/h5-6,8H,1-4H2. The van der Waals surface area contributed by atoms with Crippen LogP contribution in [0.1, 0.15) is 36.0 Å². The number of carbonyl (C=O) groups excluding carboxylic acids is 1. The molecule has 1 aromatic rings. The van der Waals surface area contributed by atoms with Crippen LogP contribution >= 0.6 is 27.5 Å². The van der Waals surface area contributed by atoms with Gasteiger partial charge < -0.3 is 4.74 Å². The van der Waals surface area contributed by atoms with Crippen molar-refractivity contribution < 1.29 is 9.53 Å². The topological polar surface area (TPSA) is 39.2 Å². The van der Waals surface area contributed by atoms with Crippen molar-refractivity contribution in [1.82, 2.24) is 4.98 Å². The van der Waals surface area contributed by atoms with Crippen LogP contribution in [-0.2, 0) is 4.74 Å². The molecule has 3 nitrogen and oxygen atoms in total. The molecule has 0 bridgehead atoms. The summed E-state index contributed by atoms with van der Waals surface area (Å²) in [6.07, 6.45) is 5.75. The summed E-state index contributed by atoms with van der Waals surface area (Å²) < 4.78 is 6.07. The average Bonchev–Trinajstić information content (AvgIpc) is 2.74. The zero-order valence-corrected chi connectivity index (χ0v) is 10.9. The number of hydrogen-bond acceptors (Lipinski definition) is 3. The SMILES string of the molecule is O=C(OC1CCCC1)c1cc(Br)cnc1Cl. The van der Waals surface area contributed by atoms with E-state index in [1.54, 1.807) is 12.3 Å². The quantitative estimate of drug-likeness (QED) is 0.619. The molecule has 2 rings (SSSR count). The van der Waals surface area contributed by atoms with Crippen molar-refractivity contribution in [3.63, 3.8) is 0 Å². The van der Waals surface area contributed by atoms with E-state index in [2.05, 4.69) is 20.9 Å². The maximum absolute atomic E-state index is 11.8. The number of carbonyl (C=O) groups is 1. The lowest BCUT2D eigenvalue weighted by Crippen LogP contribution is -2.15. The van der Waals surface area contributed by atoms with Crippen molar-refractivity contribution in [2.24, 2.45) is 0 Å². The van der Waals surface area contributed by atoms with Crippen molar-refractivity contribution in [3.05, 3.63) is 27.5 Å². The minimum atomic E-state index is -0.384. The number of esters is 1. The van der Waals surface area contributed by atoms with E-state index in [0.717, 1.165) is 30.2 Å². The van der Waals surface area contributed by atoms with Gasteiger partial charge in [0, 0.05) is 10.7 Å². The molecule has 86 valence electrons. The Balaban J connectivity index is 2.10. The molecule has 1 aliphatic carbocycles. The third-order valence-corrected chi connectivity index (χ3v) is 3.34. The van der Waals surface area contributed by atoms with Gasteiger partial charge in [-0.1, -0.05) is 11.6 Å². The van der Waals surface area contributed by atoms with Gasteiger partial charge in [-0.05, 0) is 47.7 Å². The van der Waals surface area contributed by atoms with Crippen molar-refractivity contribution in [3.8, 4) is 0 Å². The summed E-state index contributed by atoms with van der Waals surface area (Å²) in [5, 5.41) is 0.186. The average molecular weight is 305 g/mol. The largest absolute Gasteiger partial charge is 0.459 e. The van der Waals surface area contributed by atoms with E-state index in [4.69, 9.17) is 16.3 Å². The Hall–Kier alpha value is -0.610. The van der Waals surface area contributed by atoms with Gasteiger partial charge in [-0.2, -0.15) is 0 Å². The van der Waals surface area contributed by atoms with Gasteiger partial charge >= 0.3 is 5.97 Å². The maximum Gasteiger partial charge on any atom is 0.341 e. The van der Waals surface area contributed by atoms with Crippen LogP contribution in [0, 0.1) is 0 Å². The molecule has 0 N–H and O–H groups in total. The molecular weight excluding hydrogens is 293 g/mol. The number of aromatic nitrogens is 1. The van der Waals surface area contributed by atoms with Crippen LogP contribution in [0.4, 0.5) is 0 Å². The summed E-state index contributed by atoms with van der Waals surface area (Å²) in [4.78, 5) is 15.7. The van der Waals surface area contributed by atoms with E-state index in [1.807, 2.05) is 0 Å². The molecule has 0 saturated heterocycles. The first kappa shape index (κ1) is 11.9. The molecule has 0 atom stereocenters. The van der Waals surface area contributed by atoms with Gasteiger partial charge in [0.15, 0.2) is 0 Å². The Morgan fingerprint density at radius 3 is 2.88 bits per heavy atom. The Kier molecular flexibility index (Phi) is 3.82. The molecule has 5 heteroatoms. The smallest absolute Gasteiger partial charge is 0.341 e. The summed E-state index contributed by atoms with van der Waals surface area (Å²) in [6, 6.07) is 1.63. The third kappa shape index (κ3) is 2.74. The molecule has 0 radical (unpaired) electrons. The summed E-state index contributed by atoms with van der Waals surface area (Å²) in [5.41, 5.74) is 0.322. The Bertz CT molecular complexity index is 405. The lowest BCUT2D eigenvalue weighted by Gasteiger charge is -2.11. The predicted molar refractivity (Wildman–Crippen MR) is 64.6 cm³/mol. The van der Waals surface area contributed by atoms with E-state index in [-0.39, 0.29) is 17.2 Å². The number of nitrogens with zero attached hydrogens (tertiary/aromatic N) is 1. The molecular formula is C11H11BrClNO2. The zero-order valence-electron chi connectivity index (χ0n) is 8.58. The number of ether oxygens (including phenoxy) is 1. The monoisotopic (exact) mass is 303 g/mol. The van der Waals surface area contributed by atoms with Gasteiger partial charge in [0.25, 0.3) is 0 Å². The Labute approximate surface area is 107 Å². The first-order valence-electron chi connectivity index (χ1n) is 5.19. The lowest BCUT2D eigenvalue weighted by molar-refractivity contribution is 0.0317. The molecule has 1 saturated carbocycles. The molecule has 0 aliphatic heterocycles. The molecule has 0 aromatic carbocycles. The van der Waals surface area contributed by atoms with Gasteiger partial charge in [0.1, 0.15) is 11.3 Å². The molecule has 16 heavy (non-hydrogen) atoms. The fourth-order valence-corrected chi connectivity index (χ4v) is 2.30. The van der Waals surface area contributed by atoms with E-state index in [1.165, 1.54) is 0 Å². The zero-order chi connectivity index (χ0) is 11.5. The maximum atomic E-state index is 11.8. The second-order valence-electron chi connectivity index (χ2n) is 3.80.